The largest absolute Gasteiger partial charge is 0.394 e. The van der Waals surface area contributed by atoms with Crippen LogP contribution >= 0.6 is 0 Å². The third-order valence-electron chi connectivity index (χ3n) is 5.79. The fourth-order valence-electron chi connectivity index (χ4n) is 4.09. The van der Waals surface area contributed by atoms with Gasteiger partial charge in [0.15, 0.2) is 23.2 Å². The summed E-state index contributed by atoms with van der Waals surface area (Å²) in [7, 11) is 0. The molecule has 4 atom stereocenters. The molecule has 164 valence electrons. The van der Waals surface area contributed by atoms with Crippen LogP contribution in [-0.4, -0.2) is 112 Å². The molecule has 0 radical (unpaired) electrons. The lowest BCUT2D eigenvalue weighted by molar-refractivity contribution is -0.0511. The Morgan fingerprint density at radius 1 is 0.933 bits per heavy atom. The fourth-order valence-corrected chi connectivity index (χ4v) is 4.09. The van der Waals surface area contributed by atoms with Gasteiger partial charge in [-0.15, -0.1) is 0 Å². The van der Waals surface area contributed by atoms with Gasteiger partial charge in [0, 0.05) is 26.2 Å². The van der Waals surface area contributed by atoms with Crippen molar-refractivity contribution in [2.75, 3.05) is 69.0 Å². The van der Waals surface area contributed by atoms with Crippen molar-refractivity contribution in [1.29, 1.82) is 0 Å². The van der Waals surface area contributed by atoms with Crippen LogP contribution in [0.15, 0.2) is 6.33 Å². The first-order valence-electron chi connectivity index (χ1n) is 10.2. The molecule has 0 saturated carbocycles. The summed E-state index contributed by atoms with van der Waals surface area (Å²) in [5.74, 6) is 1.26. The van der Waals surface area contributed by atoms with Gasteiger partial charge in [0.2, 0.25) is 5.95 Å². The summed E-state index contributed by atoms with van der Waals surface area (Å²) in [6.07, 6.45) is -2.66. The molecule has 3 saturated heterocycles. The van der Waals surface area contributed by atoms with Crippen LogP contribution in [0.5, 0.6) is 0 Å². The molecule has 3 N–H and O–H groups in total. The molecule has 0 aromatic carbocycles. The van der Waals surface area contributed by atoms with Crippen LogP contribution < -0.4 is 9.80 Å². The Morgan fingerprint density at radius 3 is 2.23 bits per heavy atom. The maximum Gasteiger partial charge on any atom is 0.229 e. The smallest absolute Gasteiger partial charge is 0.229 e. The number of morpholine rings is 2. The van der Waals surface area contributed by atoms with E-state index in [1.807, 2.05) is 0 Å². The second kappa shape index (κ2) is 8.21. The molecule has 5 heterocycles. The van der Waals surface area contributed by atoms with Gasteiger partial charge in [-0.25, -0.2) is 4.98 Å². The van der Waals surface area contributed by atoms with Crippen molar-refractivity contribution in [2.45, 2.75) is 24.5 Å². The fraction of sp³-hybridized carbons (Fsp3) is 0.722. The lowest BCUT2D eigenvalue weighted by atomic mass is 10.1. The van der Waals surface area contributed by atoms with E-state index in [1.165, 1.54) is 6.33 Å². The van der Waals surface area contributed by atoms with Gasteiger partial charge in [-0.2, -0.15) is 9.97 Å². The van der Waals surface area contributed by atoms with E-state index >= 15 is 0 Å². The van der Waals surface area contributed by atoms with Crippen molar-refractivity contribution in [3.05, 3.63) is 6.33 Å². The predicted molar refractivity (Wildman–Crippen MR) is 104 cm³/mol. The molecular formula is C18H26N6O6. The Morgan fingerprint density at radius 2 is 1.60 bits per heavy atom. The first-order valence-corrected chi connectivity index (χ1v) is 10.2. The minimum atomic E-state index is -1.21. The van der Waals surface area contributed by atoms with E-state index in [-0.39, 0.29) is 0 Å². The van der Waals surface area contributed by atoms with Crippen LogP contribution in [0, 0.1) is 0 Å². The lowest BCUT2D eigenvalue weighted by Gasteiger charge is -2.31. The summed E-state index contributed by atoms with van der Waals surface area (Å²) >= 11 is 0. The molecule has 3 aliphatic rings. The summed E-state index contributed by atoms with van der Waals surface area (Å²) in [6.45, 7) is 4.75. The zero-order valence-electron chi connectivity index (χ0n) is 16.5. The molecule has 30 heavy (non-hydrogen) atoms. The molecule has 12 heteroatoms. The average Bonchev–Trinajstić information content (AvgIpc) is 3.35. The highest BCUT2D eigenvalue weighted by molar-refractivity contribution is 5.85. The summed E-state index contributed by atoms with van der Waals surface area (Å²) < 4.78 is 18.2. The minimum Gasteiger partial charge on any atom is -0.394 e. The summed E-state index contributed by atoms with van der Waals surface area (Å²) in [6, 6.07) is 0. The Bertz CT molecular complexity index is 883. The van der Waals surface area contributed by atoms with Crippen LogP contribution in [0.2, 0.25) is 0 Å². The maximum absolute atomic E-state index is 10.5. The van der Waals surface area contributed by atoms with E-state index in [4.69, 9.17) is 24.2 Å². The Balaban J connectivity index is 1.59. The van der Waals surface area contributed by atoms with Crippen molar-refractivity contribution < 1.29 is 29.5 Å². The number of anilines is 2. The number of hydrogen-bond acceptors (Lipinski definition) is 11. The topological polar surface area (TPSA) is 138 Å². The van der Waals surface area contributed by atoms with E-state index in [1.54, 1.807) is 4.57 Å². The Hall–Kier alpha value is -2.09. The summed E-state index contributed by atoms with van der Waals surface area (Å²) in [5.41, 5.74) is 1.09. The van der Waals surface area contributed by atoms with E-state index in [2.05, 4.69) is 14.8 Å². The number of aliphatic hydroxyl groups excluding tert-OH is 3. The van der Waals surface area contributed by atoms with Gasteiger partial charge in [-0.1, -0.05) is 0 Å². The van der Waals surface area contributed by atoms with Gasteiger partial charge < -0.3 is 39.3 Å². The Labute approximate surface area is 172 Å². The van der Waals surface area contributed by atoms with Crippen LogP contribution in [0.4, 0.5) is 11.8 Å². The molecule has 0 spiro atoms. The quantitative estimate of drug-likeness (QED) is 0.510. The molecule has 5 rings (SSSR count). The monoisotopic (exact) mass is 422 g/mol. The van der Waals surface area contributed by atoms with Crippen molar-refractivity contribution >= 4 is 22.9 Å². The highest BCUT2D eigenvalue weighted by Gasteiger charge is 2.44. The molecule has 2 aromatic heterocycles. The van der Waals surface area contributed by atoms with Crippen LogP contribution in [-0.2, 0) is 14.2 Å². The molecular weight excluding hydrogens is 396 g/mol. The zero-order valence-corrected chi connectivity index (χ0v) is 16.5. The van der Waals surface area contributed by atoms with Crippen molar-refractivity contribution in [3.8, 4) is 0 Å². The van der Waals surface area contributed by atoms with Gasteiger partial charge in [0.05, 0.1) is 39.4 Å². The molecule has 12 nitrogen and oxygen atoms in total. The second-order valence-electron chi connectivity index (χ2n) is 7.60. The lowest BCUT2D eigenvalue weighted by Crippen LogP contribution is -2.39. The number of nitrogens with zero attached hydrogens (tertiary/aromatic N) is 6. The second-order valence-corrected chi connectivity index (χ2v) is 7.60. The molecule has 2 aromatic rings. The van der Waals surface area contributed by atoms with E-state index < -0.39 is 31.1 Å². The number of hydrogen-bond donors (Lipinski definition) is 3. The standard InChI is InChI=1S/C18H26N6O6/c25-9-11-13(26)14(27)17(30-11)24-10-19-12-15(22-1-5-28-6-2-22)20-18(21-16(12)24)23-3-7-29-8-4-23/h10-11,13-14,17,25-27H,1-9H2/t11-,13?,14+,17-/m1/s1. The third kappa shape index (κ3) is 3.39. The molecule has 3 fully saturated rings. The first-order chi connectivity index (χ1) is 14.7. The molecule has 0 bridgehead atoms. The summed E-state index contributed by atoms with van der Waals surface area (Å²) in [5, 5.41) is 30.1. The predicted octanol–water partition coefficient (Wildman–Crippen LogP) is -1.89. The highest BCUT2D eigenvalue weighted by Crippen LogP contribution is 2.34. The molecule has 3 aliphatic heterocycles. The maximum atomic E-state index is 10.5. The van der Waals surface area contributed by atoms with Crippen molar-refractivity contribution in [3.63, 3.8) is 0 Å². The molecule has 1 unspecified atom stereocenters. The number of fused-ring (bicyclic) bond motifs is 1. The van der Waals surface area contributed by atoms with Crippen LogP contribution in [0.25, 0.3) is 11.2 Å². The minimum absolute atomic E-state index is 0.394. The highest BCUT2D eigenvalue weighted by atomic mass is 16.6. The normalized spacial score (nSPS) is 30.4. The van der Waals surface area contributed by atoms with Crippen LogP contribution in [0.1, 0.15) is 6.23 Å². The van der Waals surface area contributed by atoms with Crippen molar-refractivity contribution in [1.82, 2.24) is 19.5 Å². The number of imidazole rings is 1. The number of aliphatic hydroxyl groups is 3. The Kier molecular flexibility index (Phi) is 5.43. The average molecular weight is 422 g/mol. The molecule has 0 aliphatic carbocycles. The SMILES string of the molecule is OC[C@H]1O[C@@H](n2cnc3c(N4CCOCC4)nc(N4CCOCC4)nc32)[C@@H](O)C1O. The zero-order chi connectivity index (χ0) is 20.7. The summed E-state index contributed by atoms with van der Waals surface area (Å²) in [4.78, 5) is 18.2. The first kappa shape index (κ1) is 19.8. The van der Waals surface area contributed by atoms with Crippen LogP contribution in [0.3, 0.4) is 0 Å². The van der Waals surface area contributed by atoms with Gasteiger partial charge in [0.1, 0.15) is 18.3 Å². The van der Waals surface area contributed by atoms with Gasteiger partial charge in [-0.3, -0.25) is 4.57 Å². The van der Waals surface area contributed by atoms with E-state index in [9.17, 15) is 15.3 Å². The van der Waals surface area contributed by atoms with E-state index in [0.29, 0.717) is 75.5 Å². The number of rotatable bonds is 4. The number of aromatic nitrogens is 4. The van der Waals surface area contributed by atoms with Crippen molar-refractivity contribution in [2.24, 2.45) is 0 Å². The number of ether oxygens (including phenoxy) is 3. The molecule has 0 amide bonds. The van der Waals surface area contributed by atoms with Gasteiger partial charge >= 0.3 is 0 Å². The van der Waals surface area contributed by atoms with Gasteiger partial charge in [0.25, 0.3) is 0 Å². The van der Waals surface area contributed by atoms with E-state index in [0.717, 1.165) is 0 Å². The van der Waals surface area contributed by atoms with Gasteiger partial charge in [-0.05, 0) is 0 Å². The third-order valence-corrected chi connectivity index (χ3v) is 5.79.